The Morgan fingerprint density at radius 2 is 2.12 bits per heavy atom. The van der Waals surface area contributed by atoms with Crippen LogP contribution in [0.25, 0.3) is 0 Å². The van der Waals surface area contributed by atoms with E-state index in [0.29, 0.717) is 0 Å². The second-order valence-electron chi connectivity index (χ2n) is 0.921. The van der Waals surface area contributed by atoms with E-state index in [2.05, 4.69) is 4.33 Å². The van der Waals surface area contributed by atoms with Gasteiger partial charge in [0.2, 0.25) is 0 Å². The van der Waals surface area contributed by atoms with Crippen LogP contribution < -0.4 is 29.6 Å². The molecule has 0 amide bonds. The molecule has 0 aliphatic heterocycles. The molecule has 8 heavy (non-hydrogen) atoms. The summed E-state index contributed by atoms with van der Waals surface area (Å²) in [4.78, 5) is 0. The summed E-state index contributed by atoms with van der Waals surface area (Å²) >= 11 is 0. The first-order chi connectivity index (χ1) is 3.12. The van der Waals surface area contributed by atoms with Crippen molar-refractivity contribution in [1.29, 1.82) is 0 Å². The molecule has 0 atom stereocenters. The summed E-state index contributed by atoms with van der Waals surface area (Å²) in [5.74, 6) is -0.205. The van der Waals surface area contributed by atoms with Crippen molar-refractivity contribution >= 4 is 10.1 Å². The van der Waals surface area contributed by atoms with Crippen LogP contribution in [-0.2, 0) is 14.5 Å². The van der Waals surface area contributed by atoms with Gasteiger partial charge in [0.15, 0.2) is 0 Å². The molecular formula is C2H7NaO4S. The Kier molecular flexibility index (Phi) is 6.87. The molecule has 0 spiro atoms. The van der Waals surface area contributed by atoms with E-state index in [-0.39, 0.29) is 36.7 Å². The number of hydrogen-bond acceptors (Lipinski definition) is 4. The molecule has 0 heterocycles. The van der Waals surface area contributed by atoms with Gasteiger partial charge in [-0.3, -0.25) is 0 Å². The second-order valence-corrected chi connectivity index (χ2v) is 2.76. The van der Waals surface area contributed by atoms with Gasteiger partial charge in [-0.05, 0) is 6.92 Å². The molecule has 0 saturated heterocycles. The normalized spacial score (nSPS) is 10.2. The van der Waals surface area contributed by atoms with Crippen molar-refractivity contribution in [2.75, 3.05) is 5.75 Å². The van der Waals surface area contributed by atoms with Gasteiger partial charge in [-0.25, -0.2) is 5.26 Å². The molecule has 0 aromatic carbocycles. The van der Waals surface area contributed by atoms with E-state index in [1.807, 2.05) is 0 Å². The van der Waals surface area contributed by atoms with Gasteiger partial charge in [-0.2, -0.15) is 8.42 Å². The standard InChI is InChI=1S/C2H6O4S.Na.H/c1-2-7(4,5)6-3;;/h3H,2H2,1H3;;/q;+1;-1. The minimum atomic E-state index is -3.60. The summed E-state index contributed by atoms with van der Waals surface area (Å²) in [6.45, 7) is 1.37. The van der Waals surface area contributed by atoms with Crippen LogP contribution in [0.1, 0.15) is 8.35 Å². The predicted octanol–water partition coefficient (Wildman–Crippen LogP) is -3.06. The van der Waals surface area contributed by atoms with Crippen LogP contribution in [0.2, 0.25) is 0 Å². The minimum absolute atomic E-state index is 0. The monoisotopic (exact) mass is 150 g/mol. The van der Waals surface area contributed by atoms with Crippen LogP contribution >= 0.6 is 0 Å². The van der Waals surface area contributed by atoms with Gasteiger partial charge in [0.05, 0.1) is 5.75 Å². The Bertz CT molecular complexity index is 122. The first-order valence-corrected chi connectivity index (χ1v) is 3.26. The van der Waals surface area contributed by atoms with Crippen LogP contribution in [0.5, 0.6) is 0 Å². The summed E-state index contributed by atoms with van der Waals surface area (Å²) in [6.07, 6.45) is 0. The van der Waals surface area contributed by atoms with Crippen molar-refractivity contribution in [3.8, 4) is 0 Å². The molecule has 0 unspecified atom stereocenters. The number of rotatable bonds is 2. The Labute approximate surface area is 71.7 Å². The van der Waals surface area contributed by atoms with E-state index in [0.717, 1.165) is 0 Å². The summed E-state index contributed by atoms with van der Waals surface area (Å²) in [5, 5.41) is 7.51. The van der Waals surface area contributed by atoms with Gasteiger partial charge >= 0.3 is 29.6 Å². The minimum Gasteiger partial charge on any atom is -1.00 e. The van der Waals surface area contributed by atoms with E-state index in [4.69, 9.17) is 5.26 Å². The van der Waals surface area contributed by atoms with Crippen LogP contribution in [0.4, 0.5) is 0 Å². The van der Waals surface area contributed by atoms with Crippen LogP contribution in [0.3, 0.4) is 0 Å². The van der Waals surface area contributed by atoms with Crippen molar-refractivity contribution in [3.63, 3.8) is 0 Å². The molecule has 0 aliphatic rings. The zero-order chi connectivity index (χ0) is 5.91. The molecule has 0 saturated carbocycles. The quantitative estimate of drug-likeness (QED) is 0.258. The Morgan fingerprint density at radius 3 is 2.12 bits per heavy atom. The fourth-order valence-electron chi connectivity index (χ4n) is 0.0527. The van der Waals surface area contributed by atoms with Gasteiger partial charge in [0, 0.05) is 0 Å². The molecule has 0 radical (unpaired) electrons. The third-order valence-electron chi connectivity index (χ3n) is 0.467. The predicted molar refractivity (Wildman–Crippen MR) is 24.3 cm³/mol. The van der Waals surface area contributed by atoms with E-state index in [9.17, 15) is 8.42 Å². The molecule has 0 rings (SSSR count). The molecule has 4 nitrogen and oxygen atoms in total. The van der Waals surface area contributed by atoms with Gasteiger partial charge in [0.25, 0.3) is 10.1 Å². The van der Waals surface area contributed by atoms with E-state index >= 15 is 0 Å². The molecule has 0 aromatic rings. The van der Waals surface area contributed by atoms with Crippen molar-refractivity contribution in [2.45, 2.75) is 6.92 Å². The maximum atomic E-state index is 9.90. The van der Waals surface area contributed by atoms with Crippen molar-refractivity contribution in [1.82, 2.24) is 0 Å². The van der Waals surface area contributed by atoms with Crippen LogP contribution in [-0.4, -0.2) is 19.4 Å². The molecule has 6 heteroatoms. The maximum absolute atomic E-state index is 9.90. The summed E-state index contributed by atoms with van der Waals surface area (Å²) in [5.41, 5.74) is 0. The van der Waals surface area contributed by atoms with Crippen molar-refractivity contribution < 1.29 is 49.0 Å². The van der Waals surface area contributed by atoms with Gasteiger partial charge in [-0.15, -0.1) is 4.33 Å². The fraction of sp³-hybridized carbons (Fsp3) is 1.00. The van der Waals surface area contributed by atoms with E-state index in [1.165, 1.54) is 6.92 Å². The maximum Gasteiger partial charge on any atom is 1.00 e. The molecular weight excluding hydrogens is 143 g/mol. The van der Waals surface area contributed by atoms with Crippen molar-refractivity contribution in [2.24, 2.45) is 0 Å². The van der Waals surface area contributed by atoms with Crippen molar-refractivity contribution in [3.05, 3.63) is 0 Å². The van der Waals surface area contributed by atoms with Gasteiger partial charge < -0.3 is 1.43 Å². The summed E-state index contributed by atoms with van der Waals surface area (Å²) in [6, 6.07) is 0. The zero-order valence-corrected chi connectivity index (χ0v) is 7.60. The molecule has 0 bridgehead atoms. The largest absolute Gasteiger partial charge is 1.00 e. The van der Waals surface area contributed by atoms with E-state index in [1.54, 1.807) is 0 Å². The van der Waals surface area contributed by atoms with Gasteiger partial charge in [-0.1, -0.05) is 0 Å². The average molecular weight is 150 g/mol. The third-order valence-corrected chi connectivity index (χ3v) is 1.40. The Morgan fingerprint density at radius 1 is 1.75 bits per heavy atom. The average Bonchev–Trinajstić information content (AvgIpc) is 1.68. The van der Waals surface area contributed by atoms with Gasteiger partial charge in [0.1, 0.15) is 0 Å². The Balaban J connectivity index is -0.000000180. The SMILES string of the molecule is CCS(=O)(=O)OO.[H-].[Na+]. The molecule has 0 fully saturated rings. The summed E-state index contributed by atoms with van der Waals surface area (Å²) < 4.78 is 22.9. The molecule has 0 aliphatic carbocycles. The molecule has 1 N–H and O–H groups in total. The first-order valence-electron chi connectivity index (χ1n) is 1.68. The number of hydrogen-bond donors (Lipinski definition) is 1. The smallest absolute Gasteiger partial charge is 1.00 e. The fourth-order valence-corrected chi connectivity index (χ4v) is 0.158. The molecule has 0 aromatic heterocycles. The second kappa shape index (κ2) is 4.72. The summed E-state index contributed by atoms with van der Waals surface area (Å²) in [7, 11) is -3.60. The van der Waals surface area contributed by atoms with E-state index < -0.39 is 10.1 Å². The Hall–Kier alpha value is 0.870. The van der Waals surface area contributed by atoms with Crippen LogP contribution in [0.15, 0.2) is 0 Å². The first kappa shape index (κ1) is 11.6. The molecule has 46 valence electrons. The zero-order valence-electron chi connectivity index (χ0n) is 5.79. The topological polar surface area (TPSA) is 63.6 Å². The third kappa shape index (κ3) is 5.02. The van der Waals surface area contributed by atoms with Crippen LogP contribution in [0, 0.1) is 0 Å².